The summed E-state index contributed by atoms with van der Waals surface area (Å²) in [6.45, 7) is 3.49. The van der Waals surface area contributed by atoms with E-state index >= 15 is 0 Å². The first-order valence-corrected chi connectivity index (χ1v) is 5.12. The van der Waals surface area contributed by atoms with Gasteiger partial charge in [0.2, 0.25) is 0 Å². The Kier molecular flexibility index (Phi) is 2.79. The van der Waals surface area contributed by atoms with Gasteiger partial charge in [-0.25, -0.2) is 4.39 Å². The van der Waals surface area contributed by atoms with Crippen LogP contribution in [0.1, 0.15) is 24.4 Å². The van der Waals surface area contributed by atoms with Gasteiger partial charge < -0.3 is 9.52 Å². The zero-order valence-electron chi connectivity index (χ0n) is 9.20. The van der Waals surface area contributed by atoms with Crippen molar-refractivity contribution in [2.75, 3.05) is 0 Å². The molecule has 16 heavy (non-hydrogen) atoms. The molecule has 1 heterocycles. The summed E-state index contributed by atoms with van der Waals surface area (Å²) in [5.41, 5.74) is 1.57. The summed E-state index contributed by atoms with van der Waals surface area (Å²) in [4.78, 5) is 0. The monoisotopic (exact) mass is 220 g/mol. The molecule has 0 bridgehead atoms. The molecule has 1 aromatic carbocycles. The average Bonchev–Trinajstić information content (AvgIpc) is 2.61. The van der Waals surface area contributed by atoms with Crippen LogP contribution in [-0.2, 0) is 0 Å². The molecule has 0 spiro atoms. The Hall–Kier alpha value is -1.61. The third-order valence-electron chi connectivity index (χ3n) is 2.54. The van der Waals surface area contributed by atoms with Gasteiger partial charge >= 0.3 is 0 Å². The number of rotatable bonds is 2. The second-order valence-electron chi connectivity index (χ2n) is 3.81. The average molecular weight is 220 g/mol. The molecule has 0 aliphatic heterocycles. The summed E-state index contributed by atoms with van der Waals surface area (Å²) in [5.74, 6) is 1.06. The summed E-state index contributed by atoms with van der Waals surface area (Å²) in [7, 11) is 0. The highest BCUT2D eigenvalue weighted by Gasteiger charge is 2.12. The van der Waals surface area contributed by atoms with Gasteiger partial charge in [0.15, 0.2) is 0 Å². The van der Waals surface area contributed by atoms with Gasteiger partial charge in [0.25, 0.3) is 0 Å². The summed E-state index contributed by atoms with van der Waals surface area (Å²) in [5, 5.41) is 9.49. The van der Waals surface area contributed by atoms with Crippen molar-refractivity contribution in [2.24, 2.45) is 0 Å². The quantitative estimate of drug-likeness (QED) is 0.840. The summed E-state index contributed by atoms with van der Waals surface area (Å²) >= 11 is 0. The molecule has 3 heteroatoms. The molecule has 0 saturated heterocycles. The van der Waals surface area contributed by atoms with Gasteiger partial charge in [-0.15, -0.1) is 0 Å². The third kappa shape index (κ3) is 1.99. The molecule has 84 valence electrons. The predicted molar refractivity (Wildman–Crippen MR) is 59.5 cm³/mol. The Morgan fingerprint density at radius 1 is 1.25 bits per heavy atom. The molecule has 0 aliphatic rings. The topological polar surface area (TPSA) is 33.4 Å². The van der Waals surface area contributed by atoms with E-state index < -0.39 is 6.10 Å². The second kappa shape index (κ2) is 4.10. The third-order valence-corrected chi connectivity index (χ3v) is 2.54. The van der Waals surface area contributed by atoms with Crippen LogP contribution in [0.2, 0.25) is 0 Å². The van der Waals surface area contributed by atoms with E-state index in [1.165, 1.54) is 12.1 Å². The highest BCUT2D eigenvalue weighted by molar-refractivity contribution is 5.58. The molecule has 0 radical (unpaired) electrons. The molecule has 2 aromatic rings. The Morgan fingerprint density at radius 2 is 1.88 bits per heavy atom. The molecule has 0 amide bonds. The minimum atomic E-state index is -0.557. The van der Waals surface area contributed by atoms with Crippen molar-refractivity contribution in [3.05, 3.63) is 47.5 Å². The Balaban J connectivity index is 2.41. The number of benzene rings is 1. The van der Waals surface area contributed by atoms with E-state index in [1.54, 1.807) is 32.0 Å². The van der Waals surface area contributed by atoms with Crippen molar-refractivity contribution in [1.29, 1.82) is 0 Å². The van der Waals surface area contributed by atoms with Gasteiger partial charge in [-0.1, -0.05) is 0 Å². The number of hydrogen-bond donors (Lipinski definition) is 1. The van der Waals surface area contributed by atoms with E-state index in [0.29, 0.717) is 11.5 Å². The Labute approximate surface area is 93.3 Å². The molecule has 2 rings (SSSR count). The van der Waals surface area contributed by atoms with Crippen molar-refractivity contribution in [3.63, 3.8) is 0 Å². The van der Waals surface area contributed by atoms with Crippen molar-refractivity contribution in [1.82, 2.24) is 0 Å². The van der Waals surface area contributed by atoms with E-state index in [4.69, 9.17) is 4.42 Å². The summed E-state index contributed by atoms with van der Waals surface area (Å²) < 4.78 is 18.3. The first-order chi connectivity index (χ1) is 7.58. The van der Waals surface area contributed by atoms with E-state index in [0.717, 1.165) is 11.1 Å². The van der Waals surface area contributed by atoms with Crippen LogP contribution in [0.4, 0.5) is 4.39 Å². The molecule has 1 atom stereocenters. The van der Waals surface area contributed by atoms with Crippen LogP contribution in [-0.4, -0.2) is 5.11 Å². The highest BCUT2D eigenvalue weighted by Crippen LogP contribution is 2.28. The standard InChI is InChI=1S/C13H13FO2/c1-8(15)12-7-13(16-9(12)2)10-3-5-11(14)6-4-10/h3-8,15H,1-2H3. The smallest absolute Gasteiger partial charge is 0.134 e. The summed E-state index contributed by atoms with van der Waals surface area (Å²) in [6, 6.07) is 7.86. The van der Waals surface area contributed by atoms with Crippen LogP contribution >= 0.6 is 0 Å². The van der Waals surface area contributed by atoms with Gasteiger partial charge in [-0.3, -0.25) is 0 Å². The van der Waals surface area contributed by atoms with E-state index in [1.807, 2.05) is 0 Å². The number of halogens is 1. The lowest BCUT2D eigenvalue weighted by atomic mass is 10.1. The molecule has 1 aromatic heterocycles. The van der Waals surface area contributed by atoms with Gasteiger partial charge in [-0.05, 0) is 44.2 Å². The fraction of sp³-hybridized carbons (Fsp3) is 0.231. The highest BCUT2D eigenvalue weighted by atomic mass is 19.1. The lowest BCUT2D eigenvalue weighted by molar-refractivity contribution is 0.197. The van der Waals surface area contributed by atoms with E-state index in [9.17, 15) is 9.50 Å². The Bertz CT molecular complexity index is 483. The number of hydrogen-bond acceptors (Lipinski definition) is 2. The molecule has 2 nitrogen and oxygen atoms in total. The first-order valence-electron chi connectivity index (χ1n) is 5.12. The fourth-order valence-electron chi connectivity index (χ4n) is 1.67. The predicted octanol–water partition coefficient (Wildman–Crippen LogP) is 3.45. The van der Waals surface area contributed by atoms with Gasteiger partial charge in [0, 0.05) is 11.1 Å². The largest absolute Gasteiger partial charge is 0.461 e. The molecule has 1 N–H and O–H groups in total. The molecule has 0 aliphatic carbocycles. The molecular weight excluding hydrogens is 207 g/mol. The van der Waals surface area contributed by atoms with Crippen molar-refractivity contribution >= 4 is 0 Å². The van der Waals surface area contributed by atoms with Crippen LogP contribution in [0.25, 0.3) is 11.3 Å². The molecule has 0 saturated carbocycles. The normalized spacial score (nSPS) is 12.8. The Morgan fingerprint density at radius 3 is 2.38 bits per heavy atom. The SMILES string of the molecule is Cc1oc(-c2ccc(F)cc2)cc1C(C)O. The van der Waals surface area contributed by atoms with Crippen LogP contribution in [0, 0.1) is 12.7 Å². The lowest BCUT2D eigenvalue weighted by Gasteiger charge is -1.98. The lowest BCUT2D eigenvalue weighted by Crippen LogP contribution is -1.89. The van der Waals surface area contributed by atoms with Gasteiger partial charge in [-0.2, -0.15) is 0 Å². The minimum Gasteiger partial charge on any atom is -0.461 e. The van der Waals surface area contributed by atoms with Crippen LogP contribution < -0.4 is 0 Å². The number of aryl methyl sites for hydroxylation is 1. The maximum absolute atomic E-state index is 12.7. The fourth-order valence-corrected chi connectivity index (χ4v) is 1.67. The maximum atomic E-state index is 12.7. The molecule has 0 fully saturated rings. The first kappa shape index (κ1) is 10.9. The van der Waals surface area contributed by atoms with Crippen molar-refractivity contribution in [2.45, 2.75) is 20.0 Å². The number of furan rings is 1. The number of aliphatic hydroxyl groups excluding tert-OH is 1. The zero-order valence-corrected chi connectivity index (χ0v) is 9.20. The maximum Gasteiger partial charge on any atom is 0.134 e. The van der Waals surface area contributed by atoms with Crippen LogP contribution in [0.3, 0.4) is 0 Å². The van der Waals surface area contributed by atoms with Crippen LogP contribution in [0.15, 0.2) is 34.7 Å². The van der Waals surface area contributed by atoms with E-state index in [-0.39, 0.29) is 5.82 Å². The summed E-state index contributed by atoms with van der Waals surface area (Å²) in [6.07, 6.45) is -0.557. The molecule has 1 unspecified atom stereocenters. The second-order valence-corrected chi connectivity index (χ2v) is 3.81. The zero-order chi connectivity index (χ0) is 11.7. The van der Waals surface area contributed by atoms with Gasteiger partial charge in [0.05, 0.1) is 6.10 Å². The molecular formula is C13H13FO2. The number of aliphatic hydroxyl groups is 1. The minimum absolute atomic E-state index is 0.275. The van der Waals surface area contributed by atoms with Crippen LogP contribution in [0.5, 0.6) is 0 Å². The van der Waals surface area contributed by atoms with Gasteiger partial charge in [0.1, 0.15) is 17.3 Å². The van der Waals surface area contributed by atoms with Crippen molar-refractivity contribution < 1.29 is 13.9 Å². The van der Waals surface area contributed by atoms with E-state index in [2.05, 4.69) is 0 Å². The van der Waals surface area contributed by atoms with Crippen molar-refractivity contribution in [3.8, 4) is 11.3 Å².